The molecule has 1 amide bonds. The highest BCUT2D eigenvalue weighted by Gasteiger charge is 2.25. The predicted octanol–water partition coefficient (Wildman–Crippen LogP) is 0.992. The number of nitrogens with one attached hydrogen (secondary N) is 1. The maximum absolute atomic E-state index is 11.4. The number of carbonyl (C=O) groups excluding carboxylic acids is 1. The van der Waals surface area contributed by atoms with Crippen molar-refractivity contribution in [3.05, 3.63) is 0 Å². The Labute approximate surface area is 111 Å². The number of halogens is 1. The molecule has 1 unspecified atom stereocenters. The highest BCUT2D eigenvalue weighted by Crippen LogP contribution is 2.17. The standard InChI is InChI=1S/C12H25N3O.ClH/c1-9(2)8-15-6-4-5-11(15)7-14-12(16)10(3)13;/h9-11H,4-8,13H2,1-3H3,(H,14,16);1H/t10?,11-;/m1./s1. The molecule has 0 radical (unpaired) electrons. The first kappa shape index (κ1) is 16.7. The Morgan fingerprint density at radius 3 is 2.65 bits per heavy atom. The molecule has 1 aliphatic rings. The summed E-state index contributed by atoms with van der Waals surface area (Å²) in [6.45, 7) is 9.21. The van der Waals surface area contributed by atoms with Crippen molar-refractivity contribution >= 4 is 18.3 Å². The molecule has 0 spiro atoms. The lowest BCUT2D eigenvalue weighted by atomic mass is 10.1. The Morgan fingerprint density at radius 2 is 2.12 bits per heavy atom. The van der Waals surface area contributed by atoms with Gasteiger partial charge in [0.25, 0.3) is 0 Å². The molecule has 1 saturated heterocycles. The van der Waals surface area contributed by atoms with E-state index in [1.54, 1.807) is 6.92 Å². The molecule has 0 aromatic rings. The minimum atomic E-state index is -0.403. The third-order valence-electron chi connectivity index (χ3n) is 3.02. The molecule has 17 heavy (non-hydrogen) atoms. The van der Waals surface area contributed by atoms with Crippen LogP contribution in [-0.2, 0) is 4.79 Å². The van der Waals surface area contributed by atoms with Gasteiger partial charge in [0, 0.05) is 19.1 Å². The monoisotopic (exact) mass is 263 g/mol. The normalized spacial score (nSPS) is 22.3. The predicted molar refractivity (Wildman–Crippen MR) is 73.3 cm³/mol. The van der Waals surface area contributed by atoms with Crippen molar-refractivity contribution in [3.63, 3.8) is 0 Å². The average Bonchev–Trinajstić information content (AvgIpc) is 2.60. The summed E-state index contributed by atoms with van der Waals surface area (Å²) in [5.74, 6) is 0.640. The highest BCUT2D eigenvalue weighted by atomic mass is 35.5. The van der Waals surface area contributed by atoms with Crippen LogP contribution in [0.4, 0.5) is 0 Å². The number of likely N-dealkylation sites (tertiary alicyclic amines) is 1. The lowest BCUT2D eigenvalue weighted by Gasteiger charge is -2.26. The molecule has 5 heteroatoms. The lowest BCUT2D eigenvalue weighted by molar-refractivity contribution is -0.122. The Hall–Kier alpha value is -0.320. The van der Waals surface area contributed by atoms with Gasteiger partial charge in [-0.15, -0.1) is 12.4 Å². The average molecular weight is 264 g/mol. The topological polar surface area (TPSA) is 58.4 Å². The van der Waals surface area contributed by atoms with Crippen LogP contribution in [0.5, 0.6) is 0 Å². The first-order valence-corrected chi connectivity index (χ1v) is 6.28. The molecule has 1 aliphatic heterocycles. The molecule has 0 aromatic carbocycles. The van der Waals surface area contributed by atoms with Crippen molar-refractivity contribution in [2.45, 2.75) is 45.7 Å². The van der Waals surface area contributed by atoms with E-state index in [1.807, 2.05) is 0 Å². The Balaban J connectivity index is 0.00000256. The van der Waals surface area contributed by atoms with Crippen LogP contribution in [-0.4, -0.2) is 42.5 Å². The molecule has 1 heterocycles. The minimum absolute atomic E-state index is 0. The third kappa shape index (κ3) is 5.70. The molecule has 0 bridgehead atoms. The second-order valence-electron chi connectivity index (χ2n) is 5.22. The van der Waals surface area contributed by atoms with Crippen LogP contribution >= 0.6 is 12.4 Å². The van der Waals surface area contributed by atoms with E-state index in [4.69, 9.17) is 5.73 Å². The number of hydrogen-bond donors (Lipinski definition) is 2. The molecule has 1 rings (SSSR count). The molecule has 102 valence electrons. The van der Waals surface area contributed by atoms with E-state index in [0.717, 1.165) is 19.6 Å². The summed E-state index contributed by atoms with van der Waals surface area (Å²) >= 11 is 0. The van der Waals surface area contributed by atoms with Crippen molar-refractivity contribution in [2.75, 3.05) is 19.6 Å². The van der Waals surface area contributed by atoms with Crippen LogP contribution in [0, 0.1) is 5.92 Å². The number of carbonyl (C=O) groups is 1. The van der Waals surface area contributed by atoms with Gasteiger partial charge >= 0.3 is 0 Å². The summed E-state index contributed by atoms with van der Waals surface area (Å²) in [6, 6.07) is 0.102. The number of amides is 1. The van der Waals surface area contributed by atoms with Crippen LogP contribution in [0.25, 0.3) is 0 Å². The van der Waals surface area contributed by atoms with Gasteiger partial charge in [-0.1, -0.05) is 13.8 Å². The summed E-state index contributed by atoms with van der Waals surface area (Å²) in [5, 5.41) is 2.92. The van der Waals surface area contributed by atoms with Crippen molar-refractivity contribution in [2.24, 2.45) is 11.7 Å². The van der Waals surface area contributed by atoms with Gasteiger partial charge in [0.05, 0.1) is 6.04 Å². The van der Waals surface area contributed by atoms with E-state index >= 15 is 0 Å². The highest BCUT2D eigenvalue weighted by molar-refractivity contribution is 5.85. The van der Waals surface area contributed by atoms with Gasteiger partial charge in [0.2, 0.25) is 5.91 Å². The van der Waals surface area contributed by atoms with Crippen molar-refractivity contribution < 1.29 is 4.79 Å². The van der Waals surface area contributed by atoms with Gasteiger partial charge in [0.1, 0.15) is 0 Å². The fraction of sp³-hybridized carbons (Fsp3) is 0.917. The lowest BCUT2D eigenvalue weighted by Crippen LogP contribution is -2.45. The molecule has 4 nitrogen and oxygen atoms in total. The smallest absolute Gasteiger partial charge is 0.236 e. The van der Waals surface area contributed by atoms with Gasteiger partial charge in [-0.2, -0.15) is 0 Å². The van der Waals surface area contributed by atoms with E-state index in [1.165, 1.54) is 12.8 Å². The van der Waals surface area contributed by atoms with Crippen molar-refractivity contribution in [1.82, 2.24) is 10.2 Å². The van der Waals surface area contributed by atoms with Crippen LogP contribution < -0.4 is 11.1 Å². The SMILES string of the molecule is CC(C)CN1CCC[C@@H]1CNC(=O)C(C)N.Cl. The van der Waals surface area contributed by atoms with E-state index in [-0.39, 0.29) is 18.3 Å². The van der Waals surface area contributed by atoms with E-state index in [9.17, 15) is 4.79 Å². The maximum atomic E-state index is 11.4. The fourth-order valence-electron chi connectivity index (χ4n) is 2.22. The van der Waals surface area contributed by atoms with Crippen LogP contribution in [0.1, 0.15) is 33.6 Å². The number of rotatable bonds is 5. The van der Waals surface area contributed by atoms with Crippen molar-refractivity contribution in [1.29, 1.82) is 0 Å². The number of nitrogens with zero attached hydrogens (tertiary/aromatic N) is 1. The van der Waals surface area contributed by atoms with Crippen molar-refractivity contribution in [3.8, 4) is 0 Å². The Bertz CT molecular complexity index is 234. The third-order valence-corrected chi connectivity index (χ3v) is 3.02. The van der Waals surface area contributed by atoms with E-state index < -0.39 is 6.04 Å². The van der Waals surface area contributed by atoms with Crippen LogP contribution in [0.15, 0.2) is 0 Å². The first-order chi connectivity index (χ1) is 7.50. The quantitative estimate of drug-likeness (QED) is 0.778. The summed E-state index contributed by atoms with van der Waals surface area (Å²) in [7, 11) is 0. The summed E-state index contributed by atoms with van der Waals surface area (Å²) in [5.41, 5.74) is 5.51. The summed E-state index contributed by atoms with van der Waals surface area (Å²) in [6.07, 6.45) is 2.43. The van der Waals surface area contributed by atoms with Gasteiger partial charge in [-0.3, -0.25) is 9.69 Å². The maximum Gasteiger partial charge on any atom is 0.236 e. The number of nitrogens with two attached hydrogens (primary N) is 1. The molecular formula is C12H26ClN3O. The zero-order chi connectivity index (χ0) is 12.1. The molecule has 0 aliphatic carbocycles. The molecule has 3 N–H and O–H groups in total. The Morgan fingerprint density at radius 1 is 1.47 bits per heavy atom. The molecule has 0 saturated carbocycles. The molecule has 1 fully saturated rings. The summed E-state index contributed by atoms with van der Waals surface area (Å²) < 4.78 is 0. The zero-order valence-corrected chi connectivity index (χ0v) is 11.9. The van der Waals surface area contributed by atoms with Gasteiger partial charge < -0.3 is 11.1 Å². The van der Waals surface area contributed by atoms with Crippen LogP contribution in [0.3, 0.4) is 0 Å². The summed E-state index contributed by atoms with van der Waals surface area (Å²) in [4.78, 5) is 13.9. The van der Waals surface area contributed by atoms with Gasteiger partial charge in [-0.05, 0) is 32.2 Å². The van der Waals surface area contributed by atoms with Gasteiger partial charge in [0.15, 0.2) is 0 Å². The van der Waals surface area contributed by atoms with Gasteiger partial charge in [-0.25, -0.2) is 0 Å². The largest absolute Gasteiger partial charge is 0.353 e. The molecule has 0 aromatic heterocycles. The first-order valence-electron chi connectivity index (χ1n) is 6.28. The van der Waals surface area contributed by atoms with E-state index in [2.05, 4.69) is 24.1 Å². The molecular weight excluding hydrogens is 238 g/mol. The fourth-order valence-corrected chi connectivity index (χ4v) is 2.22. The zero-order valence-electron chi connectivity index (χ0n) is 11.1. The minimum Gasteiger partial charge on any atom is -0.353 e. The Kier molecular flexibility index (Phi) is 7.75. The van der Waals surface area contributed by atoms with Crippen LogP contribution in [0.2, 0.25) is 0 Å². The second kappa shape index (κ2) is 7.90. The molecule has 2 atom stereocenters. The number of hydrogen-bond acceptors (Lipinski definition) is 3. The van der Waals surface area contributed by atoms with E-state index in [0.29, 0.717) is 12.0 Å². The second-order valence-corrected chi connectivity index (χ2v) is 5.22.